The van der Waals surface area contributed by atoms with Gasteiger partial charge in [0, 0.05) is 6.08 Å². The van der Waals surface area contributed by atoms with E-state index in [2.05, 4.69) is 4.74 Å². The summed E-state index contributed by atoms with van der Waals surface area (Å²) in [6.45, 7) is 5.46. The molecule has 0 heterocycles. The van der Waals surface area contributed by atoms with Crippen LogP contribution in [0.2, 0.25) is 0 Å². The summed E-state index contributed by atoms with van der Waals surface area (Å²) in [6.07, 6.45) is 0.643. The van der Waals surface area contributed by atoms with E-state index in [1.54, 1.807) is 20.8 Å². The molecule has 0 aromatic heterocycles. The predicted molar refractivity (Wildman–Crippen MR) is 62.6 cm³/mol. The average molecular weight is 258 g/mol. The Kier molecular flexibility index (Phi) is 8.26. The van der Waals surface area contributed by atoms with Crippen molar-refractivity contribution in [1.29, 1.82) is 0 Å². The molecule has 6 heteroatoms. The van der Waals surface area contributed by atoms with Gasteiger partial charge in [-0.2, -0.15) is 0 Å². The second kappa shape index (κ2) is 9.21. The third kappa shape index (κ3) is 6.67. The van der Waals surface area contributed by atoms with Crippen LogP contribution in [-0.4, -0.2) is 37.7 Å². The number of rotatable bonds is 7. The van der Waals surface area contributed by atoms with E-state index in [-0.39, 0.29) is 31.8 Å². The molecule has 0 atom stereocenters. The van der Waals surface area contributed by atoms with E-state index in [9.17, 15) is 14.4 Å². The smallest absolute Gasteiger partial charge is 0.334 e. The van der Waals surface area contributed by atoms with Gasteiger partial charge < -0.3 is 14.2 Å². The zero-order chi connectivity index (χ0) is 14.0. The van der Waals surface area contributed by atoms with Crippen molar-refractivity contribution in [2.24, 2.45) is 0 Å². The van der Waals surface area contributed by atoms with Gasteiger partial charge >= 0.3 is 17.9 Å². The Morgan fingerprint density at radius 1 is 0.889 bits per heavy atom. The second-order valence-corrected chi connectivity index (χ2v) is 3.12. The molecule has 0 unspecified atom stereocenters. The van der Waals surface area contributed by atoms with Crippen molar-refractivity contribution in [2.75, 3.05) is 19.8 Å². The molecular weight excluding hydrogens is 240 g/mol. The SMILES string of the molecule is CCOC(=O)/C=C(\CC(=O)OCC)C(=O)OCC. The van der Waals surface area contributed by atoms with E-state index in [0.29, 0.717) is 0 Å². The van der Waals surface area contributed by atoms with Crippen LogP contribution >= 0.6 is 0 Å². The summed E-state index contributed by atoms with van der Waals surface area (Å²) in [5.74, 6) is -2.01. The molecule has 0 bridgehead atoms. The number of hydrogen-bond donors (Lipinski definition) is 0. The maximum Gasteiger partial charge on any atom is 0.334 e. The van der Waals surface area contributed by atoms with Gasteiger partial charge in [0.15, 0.2) is 0 Å². The van der Waals surface area contributed by atoms with Crippen molar-refractivity contribution in [2.45, 2.75) is 27.2 Å². The largest absolute Gasteiger partial charge is 0.466 e. The topological polar surface area (TPSA) is 78.9 Å². The lowest BCUT2D eigenvalue weighted by Crippen LogP contribution is -2.15. The zero-order valence-electron chi connectivity index (χ0n) is 10.9. The summed E-state index contributed by atoms with van der Waals surface area (Å²) in [5, 5.41) is 0. The molecule has 0 aromatic carbocycles. The van der Waals surface area contributed by atoms with Crippen LogP contribution in [0, 0.1) is 0 Å². The molecule has 18 heavy (non-hydrogen) atoms. The van der Waals surface area contributed by atoms with Crippen LogP contribution in [0.15, 0.2) is 11.6 Å². The van der Waals surface area contributed by atoms with Crippen LogP contribution in [0.25, 0.3) is 0 Å². The molecule has 0 fully saturated rings. The Balaban J connectivity index is 4.76. The second-order valence-electron chi connectivity index (χ2n) is 3.12. The number of hydrogen-bond acceptors (Lipinski definition) is 6. The summed E-state index contributed by atoms with van der Waals surface area (Å²) in [5.41, 5.74) is -0.0752. The van der Waals surface area contributed by atoms with Gasteiger partial charge in [-0.25, -0.2) is 9.59 Å². The third-order valence-corrected chi connectivity index (χ3v) is 1.76. The van der Waals surface area contributed by atoms with Crippen molar-refractivity contribution in [1.82, 2.24) is 0 Å². The van der Waals surface area contributed by atoms with Gasteiger partial charge in [-0.05, 0) is 20.8 Å². The van der Waals surface area contributed by atoms with Crippen molar-refractivity contribution < 1.29 is 28.6 Å². The molecule has 6 nitrogen and oxygen atoms in total. The Morgan fingerprint density at radius 2 is 1.44 bits per heavy atom. The van der Waals surface area contributed by atoms with Crippen LogP contribution in [-0.2, 0) is 28.6 Å². The minimum absolute atomic E-state index is 0.0752. The van der Waals surface area contributed by atoms with Gasteiger partial charge in [-0.15, -0.1) is 0 Å². The lowest BCUT2D eigenvalue weighted by molar-refractivity contribution is -0.146. The molecule has 0 radical (unpaired) electrons. The van der Waals surface area contributed by atoms with Crippen molar-refractivity contribution in [3.05, 3.63) is 11.6 Å². The number of carbonyl (C=O) groups is 3. The fourth-order valence-electron chi connectivity index (χ4n) is 1.10. The number of ether oxygens (including phenoxy) is 3. The van der Waals surface area contributed by atoms with Crippen LogP contribution in [0.5, 0.6) is 0 Å². The third-order valence-electron chi connectivity index (χ3n) is 1.76. The Morgan fingerprint density at radius 3 is 1.94 bits per heavy atom. The normalized spacial score (nSPS) is 10.7. The first-order valence-corrected chi connectivity index (χ1v) is 5.75. The summed E-state index contributed by atoms with van der Waals surface area (Å²) < 4.78 is 14.1. The molecule has 0 saturated carbocycles. The molecule has 0 spiro atoms. The predicted octanol–water partition coefficient (Wildman–Crippen LogP) is 0.992. The molecule has 0 amide bonds. The first kappa shape index (κ1) is 16.1. The lowest BCUT2D eigenvalue weighted by atomic mass is 10.2. The molecule has 0 N–H and O–H groups in total. The van der Waals surface area contributed by atoms with E-state index in [1.165, 1.54) is 0 Å². The summed E-state index contributed by atoms with van der Waals surface area (Å²) in [4.78, 5) is 34.0. The van der Waals surface area contributed by atoms with Crippen LogP contribution in [0.1, 0.15) is 27.2 Å². The van der Waals surface area contributed by atoms with Gasteiger partial charge in [0.2, 0.25) is 0 Å². The Hall–Kier alpha value is -1.85. The number of carbonyl (C=O) groups excluding carboxylic acids is 3. The molecule has 0 saturated heterocycles. The van der Waals surface area contributed by atoms with Gasteiger partial charge in [0.05, 0.1) is 31.8 Å². The maximum atomic E-state index is 11.5. The fraction of sp³-hybridized carbons (Fsp3) is 0.583. The van der Waals surface area contributed by atoms with Gasteiger partial charge in [0.25, 0.3) is 0 Å². The Bertz CT molecular complexity index is 331. The van der Waals surface area contributed by atoms with Crippen LogP contribution in [0.3, 0.4) is 0 Å². The standard InChI is InChI=1S/C12H18O6/c1-4-16-10(13)7-9(12(15)18-6-3)8-11(14)17-5-2/h7H,4-6,8H2,1-3H3/b9-7+. The summed E-state index contributed by atoms with van der Waals surface area (Å²) in [6, 6.07) is 0. The van der Waals surface area contributed by atoms with Crippen molar-refractivity contribution >= 4 is 17.9 Å². The molecule has 0 aromatic rings. The molecule has 0 aliphatic carbocycles. The molecule has 102 valence electrons. The highest BCUT2D eigenvalue weighted by molar-refractivity contribution is 5.99. The van der Waals surface area contributed by atoms with E-state index in [1.807, 2.05) is 0 Å². The zero-order valence-corrected chi connectivity index (χ0v) is 10.9. The first-order chi connectivity index (χ1) is 8.54. The highest BCUT2D eigenvalue weighted by atomic mass is 16.5. The van der Waals surface area contributed by atoms with Crippen LogP contribution in [0.4, 0.5) is 0 Å². The fourth-order valence-corrected chi connectivity index (χ4v) is 1.10. The summed E-state index contributed by atoms with van der Waals surface area (Å²) in [7, 11) is 0. The minimum atomic E-state index is -0.724. The van der Waals surface area contributed by atoms with Gasteiger partial charge in [-0.1, -0.05) is 0 Å². The molecule has 0 aliphatic heterocycles. The highest BCUT2D eigenvalue weighted by Crippen LogP contribution is 2.07. The minimum Gasteiger partial charge on any atom is -0.466 e. The highest BCUT2D eigenvalue weighted by Gasteiger charge is 2.17. The van der Waals surface area contributed by atoms with Gasteiger partial charge in [0.1, 0.15) is 0 Å². The summed E-state index contributed by atoms with van der Waals surface area (Å²) >= 11 is 0. The Labute approximate surface area is 106 Å². The average Bonchev–Trinajstić information content (AvgIpc) is 2.29. The van der Waals surface area contributed by atoms with E-state index < -0.39 is 17.9 Å². The molecule has 0 aliphatic rings. The quantitative estimate of drug-likeness (QED) is 0.385. The van der Waals surface area contributed by atoms with E-state index in [4.69, 9.17) is 9.47 Å². The lowest BCUT2D eigenvalue weighted by Gasteiger charge is -2.06. The molecular formula is C12H18O6. The van der Waals surface area contributed by atoms with Crippen LogP contribution < -0.4 is 0 Å². The molecule has 0 rings (SSSR count). The monoisotopic (exact) mass is 258 g/mol. The maximum absolute atomic E-state index is 11.5. The van der Waals surface area contributed by atoms with E-state index in [0.717, 1.165) is 6.08 Å². The van der Waals surface area contributed by atoms with Crippen molar-refractivity contribution in [3.8, 4) is 0 Å². The van der Waals surface area contributed by atoms with E-state index >= 15 is 0 Å². The first-order valence-electron chi connectivity index (χ1n) is 5.75. The van der Waals surface area contributed by atoms with Gasteiger partial charge in [-0.3, -0.25) is 4.79 Å². The number of esters is 3. The van der Waals surface area contributed by atoms with Crippen molar-refractivity contribution in [3.63, 3.8) is 0 Å².